The Balaban J connectivity index is 2.53. The number of nitrogens with two attached hydrogens (primary N) is 1. The van der Waals surface area contributed by atoms with Crippen LogP contribution in [0.5, 0.6) is 0 Å². The molecule has 0 spiro atoms. The minimum Gasteiger partial charge on any atom is -0.392 e. The summed E-state index contributed by atoms with van der Waals surface area (Å²) >= 11 is 11.9. The summed E-state index contributed by atoms with van der Waals surface area (Å²) in [6, 6.07) is 5.46. The Morgan fingerprint density at radius 3 is 2.40 bits per heavy atom. The highest BCUT2D eigenvalue weighted by molar-refractivity contribution is 6.42. The molecule has 1 aromatic rings. The van der Waals surface area contributed by atoms with Crippen LogP contribution in [0.25, 0.3) is 0 Å². The molecule has 0 aromatic heterocycles. The van der Waals surface area contributed by atoms with Crippen molar-refractivity contribution >= 4 is 23.2 Å². The summed E-state index contributed by atoms with van der Waals surface area (Å²) in [5, 5.41) is 11.4. The quantitative estimate of drug-likeness (QED) is 0.645. The van der Waals surface area contributed by atoms with Crippen molar-refractivity contribution < 1.29 is 5.11 Å². The molecule has 0 radical (unpaired) electrons. The highest BCUT2D eigenvalue weighted by atomic mass is 35.5. The van der Waals surface area contributed by atoms with Gasteiger partial charge < -0.3 is 10.8 Å². The van der Waals surface area contributed by atoms with Gasteiger partial charge in [0.15, 0.2) is 0 Å². The van der Waals surface area contributed by atoms with Crippen LogP contribution in [-0.4, -0.2) is 17.8 Å². The lowest BCUT2D eigenvalue weighted by molar-refractivity contribution is 0.132. The zero-order valence-electron chi connectivity index (χ0n) is 12.1. The highest BCUT2D eigenvalue weighted by Gasteiger charge is 2.20. The Labute approximate surface area is 132 Å². The van der Waals surface area contributed by atoms with Crippen LogP contribution >= 0.6 is 23.2 Å². The lowest BCUT2D eigenvalue weighted by atomic mass is 9.90. The van der Waals surface area contributed by atoms with E-state index in [0.717, 1.165) is 18.4 Å². The molecule has 0 amide bonds. The number of aliphatic hydroxyl groups is 1. The molecule has 3 N–H and O–H groups in total. The third-order valence-electron chi connectivity index (χ3n) is 3.69. The van der Waals surface area contributed by atoms with E-state index in [1.807, 2.05) is 12.1 Å². The summed E-state index contributed by atoms with van der Waals surface area (Å²) < 4.78 is 0. The van der Waals surface area contributed by atoms with Crippen molar-refractivity contribution in [2.24, 2.45) is 5.73 Å². The van der Waals surface area contributed by atoms with Gasteiger partial charge in [-0.25, -0.2) is 0 Å². The number of benzene rings is 1. The molecule has 0 aliphatic rings. The Morgan fingerprint density at radius 2 is 1.80 bits per heavy atom. The molecule has 0 saturated heterocycles. The smallest absolute Gasteiger partial charge is 0.0620 e. The van der Waals surface area contributed by atoms with E-state index >= 15 is 0 Å². The number of hydrogen-bond acceptors (Lipinski definition) is 2. The molecule has 20 heavy (non-hydrogen) atoms. The maximum absolute atomic E-state index is 10.3. The molecule has 4 heteroatoms. The molecule has 0 heterocycles. The zero-order chi connectivity index (χ0) is 15.0. The fourth-order valence-electron chi connectivity index (χ4n) is 2.42. The average molecular weight is 318 g/mol. The molecule has 2 unspecified atom stereocenters. The number of aliphatic hydroxyl groups excluding tert-OH is 1. The maximum Gasteiger partial charge on any atom is 0.0620 e. The van der Waals surface area contributed by atoms with Crippen LogP contribution < -0.4 is 5.73 Å². The van der Waals surface area contributed by atoms with Crippen molar-refractivity contribution in [3.63, 3.8) is 0 Å². The SMILES string of the molecule is CCCCCCCC(O)C(CN)c1ccc(Cl)c(Cl)c1. The van der Waals surface area contributed by atoms with Gasteiger partial charge in [0, 0.05) is 12.5 Å². The van der Waals surface area contributed by atoms with Crippen molar-refractivity contribution in [1.29, 1.82) is 0 Å². The molecule has 2 nitrogen and oxygen atoms in total. The van der Waals surface area contributed by atoms with E-state index in [0.29, 0.717) is 16.6 Å². The van der Waals surface area contributed by atoms with Crippen LogP contribution in [-0.2, 0) is 0 Å². The minimum atomic E-state index is -0.418. The number of hydrogen-bond donors (Lipinski definition) is 2. The fourth-order valence-corrected chi connectivity index (χ4v) is 2.72. The van der Waals surface area contributed by atoms with E-state index in [9.17, 15) is 5.11 Å². The summed E-state index contributed by atoms with van der Waals surface area (Å²) in [5.74, 6) is -0.0732. The van der Waals surface area contributed by atoms with Gasteiger partial charge in [0.1, 0.15) is 0 Å². The first-order valence-electron chi connectivity index (χ1n) is 7.43. The molecule has 114 valence electrons. The second-order valence-electron chi connectivity index (χ2n) is 5.29. The second-order valence-corrected chi connectivity index (χ2v) is 6.10. The van der Waals surface area contributed by atoms with Crippen molar-refractivity contribution in [1.82, 2.24) is 0 Å². The van der Waals surface area contributed by atoms with Gasteiger partial charge >= 0.3 is 0 Å². The molecule has 1 rings (SSSR count). The molecule has 0 bridgehead atoms. The third-order valence-corrected chi connectivity index (χ3v) is 4.43. The highest BCUT2D eigenvalue weighted by Crippen LogP contribution is 2.29. The van der Waals surface area contributed by atoms with Gasteiger partial charge in [0.05, 0.1) is 16.1 Å². The predicted octanol–water partition coefficient (Wildman–Crippen LogP) is 4.76. The summed E-state index contributed by atoms with van der Waals surface area (Å²) in [6.45, 7) is 2.61. The van der Waals surface area contributed by atoms with Crippen LogP contribution in [0.2, 0.25) is 10.0 Å². The topological polar surface area (TPSA) is 46.2 Å². The second kappa shape index (κ2) is 9.62. The monoisotopic (exact) mass is 317 g/mol. The van der Waals surface area contributed by atoms with E-state index in [1.165, 1.54) is 25.7 Å². The van der Waals surface area contributed by atoms with E-state index in [4.69, 9.17) is 28.9 Å². The van der Waals surface area contributed by atoms with E-state index in [1.54, 1.807) is 6.07 Å². The normalized spacial score (nSPS) is 14.2. The summed E-state index contributed by atoms with van der Waals surface area (Å²) in [6.07, 6.45) is 6.32. The molecule has 1 aromatic carbocycles. The van der Waals surface area contributed by atoms with Gasteiger partial charge in [-0.05, 0) is 24.1 Å². The predicted molar refractivity (Wildman–Crippen MR) is 87.6 cm³/mol. The Kier molecular flexibility index (Phi) is 8.55. The Hall–Kier alpha value is -0.280. The third kappa shape index (κ3) is 5.61. The summed E-state index contributed by atoms with van der Waals surface area (Å²) in [4.78, 5) is 0. The van der Waals surface area contributed by atoms with E-state index < -0.39 is 6.10 Å². The lowest BCUT2D eigenvalue weighted by Gasteiger charge is -2.22. The molecular formula is C16H25Cl2NO. The van der Waals surface area contributed by atoms with Gasteiger partial charge in [-0.15, -0.1) is 0 Å². The van der Waals surface area contributed by atoms with Crippen LogP contribution in [0.15, 0.2) is 18.2 Å². The van der Waals surface area contributed by atoms with Crippen LogP contribution in [0, 0.1) is 0 Å². The summed E-state index contributed by atoms with van der Waals surface area (Å²) in [5.41, 5.74) is 6.77. The van der Waals surface area contributed by atoms with Gasteiger partial charge in [0.2, 0.25) is 0 Å². The van der Waals surface area contributed by atoms with Crippen LogP contribution in [0.3, 0.4) is 0 Å². The standard InChI is InChI=1S/C16H25Cl2NO/c1-2-3-4-5-6-7-16(20)13(11-19)12-8-9-14(17)15(18)10-12/h8-10,13,16,20H,2-7,11,19H2,1H3. The zero-order valence-corrected chi connectivity index (χ0v) is 13.6. The fraction of sp³-hybridized carbons (Fsp3) is 0.625. The van der Waals surface area contributed by atoms with Gasteiger partial charge in [-0.3, -0.25) is 0 Å². The Bertz CT molecular complexity index is 398. The van der Waals surface area contributed by atoms with E-state index in [2.05, 4.69) is 6.92 Å². The Morgan fingerprint density at radius 1 is 1.10 bits per heavy atom. The van der Waals surface area contributed by atoms with Gasteiger partial charge in [-0.2, -0.15) is 0 Å². The lowest BCUT2D eigenvalue weighted by Crippen LogP contribution is -2.25. The van der Waals surface area contributed by atoms with Crippen molar-refractivity contribution in [2.75, 3.05) is 6.54 Å². The minimum absolute atomic E-state index is 0.0732. The molecule has 2 atom stereocenters. The van der Waals surface area contributed by atoms with Gasteiger partial charge in [-0.1, -0.05) is 68.3 Å². The van der Waals surface area contributed by atoms with Crippen molar-refractivity contribution in [3.05, 3.63) is 33.8 Å². The first-order valence-corrected chi connectivity index (χ1v) is 8.18. The van der Waals surface area contributed by atoms with Crippen LogP contribution in [0.4, 0.5) is 0 Å². The van der Waals surface area contributed by atoms with Crippen molar-refractivity contribution in [2.45, 2.75) is 57.5 Å². The number of unbranched alkanes of at least 4 members (excludes halogenated alkanes) is 4. The number of halogens is 2. The number of rotatable bonds is 9. The van der Waals surface area contributed by atoms with Crippen molar-refractivity contribution in [3.8, 4) is 0 Å². The molecular weight excluding hydrogens is 293 g/mol. The molecule has 0 aliphatic heterocycles. The molecule has 0 fully saturated rings. The first-order chi connectivity index (χ1) is 9.60. The van der Waals surface area contributed by atoms with Gasteiger partial charge in [0.25, 0.3) is 0 Å². The summed E-state index contributed by atoms with van der Waals surface area (Å²) in [7, 11) is 0. The van der Waals surface area contributed by atoms with Crippen LogP contribution in [0.1, 0.15) is 56.9 Å². The maximum atomic E-state index is 10.3. The first kappa shape index (κ1) is 17.8. The average Bonchev–Trinajstić information content (AvgIpc) is 2.43. The van der Waals surface area contributed by atoms with E-state index in [-0.39, 0.29) is 5.92 Å². The molecule has 0 aliphatic carbocycles. The molecule has 0 saturated carbocycles. The largest absolute Gasteiger partial charge is 0.392 e.